The summed E-state index contributed by atoms with van der Waals surface area (Å²) in [4.78, 5) is 11.9. The van der Waals surface area contributed by atoms with Gasteiger partial charge in [0.1, 0.15) is 0 Å². The predicted octanol–water partition coefficient (Wildman–Crippen LogP) is 3.87. The lowest BCUT2D eigenvalue weighted by Crippen LogP contribution is -2.15. The molecule has 0 aliphatic rings. The first-order chi connectivity index (χ1) is 9.04. The lowest BCUT2D eigenvalue weighted by molar-refractivity contribution is -0.115. The van der Waals surface area contributed by atoms with Crippen LogP contribution in [0.4, 0.5) is 11.4 Å². The molecular formula is C14H12BrClN2O. The largest absolute Gasteiger partial charge is 0.397 e. The predicted molar refractivity (Wildman–Crippen MR) is 82.3 cm³/mol. The number of halogens is 2. The van der Waals surface area contributed by atoms with E-state index in [1.807, 2.05) is 18.2 Å². The Bertz CT molecular complexity index is 599. The molecule has 2 aromatic carbocycles. The molecule has 98 valence electrons. The van der Waals surface area contributed by atoms with Crippen LogP contribution in [0.5, 0.6) is 0 Å². The third-order valence-electron chi connectivity index (χ3n) is 2.57. The third-order valence-corrected chi connectivity index (χ3v) is 3.31. The average Bonchev–Trinajstić information content (AvgIpc) is 2.36. The Morgan fingerprint density at radius 2 is 1.89 bits per heavy atom. The lowest BCUT2D eigenvalue weighted by Gasteiger charge is -2.08. The molecule has 5 heteroatoms. The standard InChI is InChI=1S/C14H12BrClN2O/c15-10-3-6-13(12(17)8-10)18-14(19)7-9-1-4-11(16)5-2-9/h1-6,8H,7,17H2,(H,18,19). The zero-order chi connectivity index (χ0) is 13.8. The van der Waals surface area contributed by atoms with Crippen LogP contribution in [0.15, 0.2) is 46.9 Å². The van der Waals surface area contributed by atoms with Crippen molar-refractivity contribution in [2.45, 2.75) is 6.42 Å². The number of carbonyl (C=O) groups excluding carboxylic acids is 1. The van der Waals surface area contributed by atoms with Crippen molar-refractivity contribution in [2.75, 3.05) is 11.1 Å². The summed E-state index contributed by atoms with van der Waals surface area (Å²) in [5, 5.41) is 3.44. The quantitative estimate of drug-likeness (QED) is 0.834. The van der Waals surface area contributed by atoms with Crippen LogP contribution in [-0.2, 0) is 11.2 Å². The molecule has 0 radical (unpaired) electrons. The van der Waals surface area contributed by atoms with E-state index in [0.717, 1.165) is 10.0 Å². The minimum absolute atomic E-state index is 0.114. The summed E-state index contributed by atoms with van der Waals surface area (Å²) in [6, 6.07) is 12.5. The van der Waals surface area contributed by atoms with Gasteiger partial charge in [-0.05, 0) is 35.9 Å². The topological polar surface area (TPSA) is 55.1 Å². The molecule has 0 spiro atoms. The number of hydrogen-bond donors (Lipinski definition) is 2. The highest BCUT2D eigenvalue weighted by atomic mass is 79.9. The summed E-state index contributed by atoms with van der Waals surface area (Å²) in [5.74, 6) is -0.114. The van der Waals surface area contributed by atoms with Gasteiger partial charge in [0, 0.05) is 9.50 Å². The van der Waals surface area contributed by atoms with Crippen LogP contribution in [0.3, 0.4) is 0 Å². The second-order valence-corrected chi connectivity index (χ2v) is 5.44. The monoisotopic (exact) mass is 338 g/mol. The Kier molecular flexibility index (Phi) is 4.45. The van der Waals surface area contributed by atoms with E-state index in [-0.39, 0.29) is 12.3 Å². The normalized spacial score (nSPS) is 10.2. The Morgan fingerprint density at radius 3 is 2.53 bits per heavy atom. The SMILES string of the molecule is Nc1cc(Br)ccc1NC(=O)Cc1ccc(Cl)cc1. The van der Waals surface area contributed by atoms with E-state index in [1.165, 1.54) is 0 Å². The maximum Gasteiger partial charge on any atom is 0.228 e. The molecule has 0 saturated carbocycles. The first kappa shape index (κ1) is 13.9. The summed E-state index contributed by atoms with van der Waals surface area (Å²) in [7, 11) is 0. The Hall–Kier alpha value is -1.52. The fraction of sp³-hybridized carbons (Fsp3) is 0.0714. The maximum absolute atomic E-state index is 11.9. The maximum atomic E-state index is 11.9. The van der Waals surface area contributed by atoms with Crippen LogP contribution >= 0.6 is 27.5 Å². The number of amides is 1. The van der Waals surface area contributed by atoms with Crippen molar-refractivity contribution >= 4 is 44.8 Å². The number of carbonyl (C=O) groups is 1. The molecule has 0 fully saturated rings. The van der Waals surface area contributed by atoms with Gasteiger partial charge in [0.15, 0.2) is 0 Å². The summed E-state index contributed by atoms with van der Waals surface area (Å²) in [6.07, 6.45) is 0.284. The van der Waals surface area contributed by atoms with E-state index in [0.29, 0.717) is 16.4 Å². The van der Waals surface area contributed by atoms with E-state index >= 15 is 0 Å². The fourth-order valence-electron chi connectivity index (χ4n) is 1.63. The molecule has 0 aliphatic heterocycles. The Labute approximate surface area is 124 Å². The molecule has 0 bridgehead atoms. The van der Waals surface area contributed by atoms with Gasteiger partial charge in [-0.25, -0.2) is 0 Å². The van der Waals surface area contributed by atoms with Gasteiger partial charge >= 0.3 is 0 Å². The number of anilines is 2. The first-order valence-corrected chi connectivity index (χ1v) is 6.81. The van der Waals surface area contributed by atoms with Gasteiger partial charge in [0.25, 0.3) is 0 Å². The van der Waals surface area contributed by atoms with Crippen molar-refractivity contribution < 1.29 is 4.79 Å². The smallest absolute Gasteiger partial charge is 0.228 e. The van der Waals surface area contributed by atoms with E-state index < -0.39 is 0 Å². The summed E-state index contributed by atoms with van der Waals surface area (Å²) in [6.45, 7) is 0. The highest BCUT2D eigenvalue weighted by Crippen LogP contribution is 2.23. The van der Waals surface area contributed by atoms with Crippen LogP contribution in [0.1, 0.15) is 5.56 Å². The van der Waals surface area contributed by atoms with Crippen LogP contribution in [0.2, 0.25) is 5.02 Å². The molecule has 0 saturated heterocycles. The zero-order valence-electron chi connectivity index (χ0n) is 9.99. The van der Waals surface area contributed by atoms with Gasteiger partial charge in [-0.2, -0.15) is 0 Å². The molecule has 2 aromatic rings. The molecule has 19 heavy (non-hydrogen) atoms. The lowest BCUT2D eigenvalue weighted by atomic mass is 10.1. The highest BCUT2D eigenvalue weighted by Gasteiger charge is 2.06. The van der Waals surface area contributed by atoms with E-state index in [4.69, 9.17) is 17.3 Å². The Morgan fingerprint density at radius 1 is 1.21 bits per heavy atom. The molecule has 0 atom stereocenters. The number of rotatable bonds is 3. The summed E-state index contributed by atoms with van der Waals surface area (Å²) in [5.41, 5.74) is 7.86. The second-order valence-electron chi connectivity index (χ2n) is 4.08. The minimum atomic E-state index is -0.114. The molecule has 1 amide bonds. The van der Waals surface area contributed by atoms with Crippen LogP contribution < -0.4 is 11.1 Å². The first-order valence-electron chi connectivity index (χ1n) is 5.64. The van der Waals surface area contributed by atoms with Gasteiger partial charge < -0.3 is 11.1 Å². The third kappa shape index (κ3) is 3.98. The molecule has 0 heterocycles. The number of nitrogens with two attached hydrogens (primary N) is 1. The van der Waals surface area contributed by atoms with Crippen LogP contribution in [0, 0.1) is 0 Å². The van der Waals surface area contributed by atoms with E-state index in [2.05, 4.69) is 21.2 Å². The van der Waals surface area contributed by atoms with Crippen LogP contribution in [-0.4, -0.2) is 5.91 Å². The van der Waals surface area contributed by atoms with Crippen molar-refractivity contribution in [2.24, 2.45) is 0 Å². The number of nitrogens with one attached hydrogen (secondary N) is 1. The summed E-state index contributed by atoms with van der Waals surface area (Å²) >= 11 is 9.11. The minimum Gasteiger partial charge on any atom is -0.397 e. The number of nitrogen functional groups attached to an aromatic ring is 1. The van der Waals surface area contributed by atoms with Crippen molar-refractivity contribution in [3.63, 3.8) is 0 Å². The summed E-state index contributed by atoms with van der Waals surface area (Å²) < 4.78 is 0.876. The van der Waals surface area contributed by atoms with Gasteiger partial charge in [0.2, 0.25) is 5.91 Å². The number of benzene rings is 2. The second kappa shape index (κ2) is 6.08. The molecule has 0 aromatic heterocycles. The molecule has 0 aliphatic carbocycles. The molecule has 0 unspecified atom stereocenters. The van der Waals surface area contributed by atoms with E-state index in [9.17, 15) is 4.79 Å². The highest BCUT2D eigenvalue weighted by molar-refractivity contribution is 9.10. The molecule has 3 nitrogen and oxygen atoms in total. The van der Waals surface area contributed by atoms with Gasteiger partial charge in [-0.3, -0.25) is 4.79 Å². The van der Waals surface area contributed by atoms with Crippen LogP contribution in [0.25, 0.3) is 0 Å². The van der Waals surface area contributed by atoms with Crippen molar-refractivity contribution in [3.05, 3.63) is 57.5 Å². The van der Waals surface area contributed by atoms with E-state index in [1.54, 1.807) is 24.3 Å². The van der Waals surface area contributed by atoms with Gasteiger partial charge in [-0.15, -0.1) is 0 Å². The van der Waals surface area contributed by atoms with Crippen molar-refractivity contribution in [1.29, 1.82) is 0 Å². The Balaban J connectivity index is 2.03. The molecule has 2 rings (SSSR count). The molecule has 3 N–H and O–H groups in total. The fourth-order valence-corrected chi connectivity index (χ4v) is 2.13. The average molecular weight is 340 g/mol. The van der Waals surface area contributed by atoms with Crippen molar-refractivity contribution in [1.82, 2.24) is 0 Å². The zero-order valence-corrected chi connectivity index (χ0v) is 12.3. The van der Waals surface area contributed by atoms with Gasteiger partial charge in [0.05, 0.1) is 17.8 Å². The molecular weight excluding hydrogens is 328 g/mol. The van der Waals surface area contributed by atoms with Gasteiger partial charge in [-0.1, -0.05) is 39.7 Å². The van der Waals surface area contributed by atoms with Crippen molar-refractivity contribution in [3.8, 4) is 0 Å². The number of hydrogen-bond acceptors (Lipinski definition) is 2.